The van der Waals surface area contributed by atoms with Gasteiger partial charge in [-0.1, -0.05) is 5.16 Å². The first-order chi connectivity index (χ1) is 7.20. The largest absolute Gasteiger partial charge is 0.480 e. The second kappa shape index (κ2) is 5.76. The predicted molar refractivity (Wildman–Crippen MR) is 47.3 cm³/mol. The molecule has 7 nitrogen and oxygen atoms in total. The van der Waals surface area contributed by atoms with Crippen LogP contribution in [0.4, 0.5) is 0 Å². The lowest BCUT2D eigenvalue weighted by Crippen LogP contribution is -2.28. The van der Waals surface area contributed by atoms with Crippen LogP contribution in [0.25, 0.3) is 0 Å². The number of hydrogen-bond donors (Lipinski definition) is 2. The Morgan fingerprint density at radius 1 is 1.60 bits per heavy atom. The van der Waals surface area contributed by atoms with Crippen LogP contribution in [0.3, 0.4) is 0 Å². The van der Waals surface area contributed by atoms with Gasteiger partial charge in [0.05, 0.1) is 6.61 Å². The first kappa shape index (κ1) is 11.2. The van der Waals surface area contributed by atoms with Crippen LogP contribution in [0.2, 0.25) is 0 Å². The topological polar surface area (TPSA) is 102 Å². The minimum Gasteiger partial charge on any atom is -0.480 e. The van der Waals surface area contributed by atoms with Gasteiger partial charge in [-0.05, 0) is 0 Å². The molecule has 82 valence electrons. The third-order valence-corrected chi connectivity index (χ3v) is 1.43. The lowest BCUT2D eigenvalue weighted by atomic mass is 10.4. The van der Waals surface area contributed by atoms with Crippen molar-refractivity contribution in [3.05, 3.63) is 18.0 Å². The summed E-state index contributed by atoms with van der Waals surface area (Å²) in [5.41, 5.74) is 0.174. The highest BCUT2D eigenvalue weighted by Gasteiger charge is 2.07. The molecule has 1 rings (SSSR count). The van der Waals surface area contributed by atoms with E-state index in [9.17, 15) is 9.59 Å². The van der Waals surface area contributed by atoms with Crippen LogP contribution in [-0.4, -0.2) is 41.9 Å². The monoisotopic (exact) mass is 214 g/mol. The molecule has 0 atom stereocenters. The van der Waals surface area contributed by atoms with Gasteiger partial charge in [-0.15, -0.1) is 0 Å². The Morgan fingerprint density at radius 2 is 2.40 bits per heavy atom. The highest BCUT2D eigenvalue weighted by Crippen LogP contribution is 1.92. The molecule has 0 bridgehead atoms. The van der Waals surface area contributed by atoms with Crippen LogP contribution < -0.4 is 5.32 Å². The van der Waals surface area contributed by atoms with Gasteiger partial charge in [0.2, 0.25) is 0 Å². The fraction of sp³-hybridized carbons (Fsp3) is 0.375. The van der Waals surface area contributed by atoms with E-state index >= 15 is 0 Å². The molecule has 0 aliphatic heterocycles. The molecule has 15 heavy (non-hydrogen) atoms. The van der Waals surface area contributed by atoms with Crippen LogP contribution in [0.5, 0.6) is 0 Å². The first-order valence-corrected chi connectivity index (χ1v) is 4.18. The molecular formula is C8H10N2O5. The van der Waals surface area contributed by atoms with E-state index < -0.39 is 5.97 Å². The summed E-state index contributed by atoms with van der Waals surface area (Å²) in [5.74, 6) is -1.43. The van der Waals surface area contributed by atoms with Crippen LogP contribution in [0, 0.1) is 0 Å². The van der Waals surface area contributed by atoms with Crippen LogP contribution in [0.1, 0.15) is 10.5 Å². The van der Waals surface area contributed by atoms with Gasteiger partial charge in [-0.25, -0.2) is 4.79 Å². The number of hydrogen-bond acceptors (Lipinski definition) is 5. The van der Waals surface area contributed by atoms with Crippen molar-refractivity contribution in [1.29, 1.82) is 0 Å². The maximum absolute atomic E-state index is 11.2. The molecule has 1 aromatic heterocycles. The van der Waals surface area contributed by atoms with Gasteiger partial charge in [-0.2, -0.15) is 0 Å². The minimum atomic E-state index is -1.04. The van der Waals surface area contributed by atoms with E-state index in [-0.39, 0.29) is 31.4 Å². The van der Waals surface area contributed by atoms with Gasteiger partial charge >= 0.3 is 5.97 Å². The summed E-state index contributed by atoms with van der Waals surface area (Å²) < 4.78 is 9.18. The molecule has 7 heteroatoms. The molecule has 1 aromatic rings. The van der Waals surface area contributed by atoms with E-state index in [1.807, 2.05) is 0 Å². The zero-order chi connectivity index (χ0) is 11.1. The van der Waals surface area contributed by atoms with E-state index in [2.05, 4.69) is 15.0 Å². The number of carbonyl (C=O) groups is 2. The summed E-state index contributed by atoms with van der Waals surface area (Å²) in [6.07, 6.45) is 1.29. The fourth-order valence-corrected chi connectivity index (χ4v) is 0.816. The predicted octanol–water partition coefficient (Wildman–Crippen LogP) is -0.494. The molecular weight excluding hydrogens is 204 g/mol. The van der Waals surface area contributed by atoms with E-state index in [0.29, 0.717) is 0 Å². The number of nitrogens with one attached hydrogen (secondary N) is 1. The highest BCUT2D eigenvalue weighted by molar-refractivity contribution is 5.91. The van der Waals surface area contributed by atoms with Crippen molar-refractivity contribution in [2.24, 2.45) is 0 Å². The molecule has 0 fully saturated rings. The average Bonchev–Trinajstić information content (AvgIpc) is 2.69. The molecule has 0 saturated carbocycles. The number of carbonyl (C=O) groups excluding carboxylic acids is 1. The Bertz CT molecular complexity index is 322. The van der Waals surface area contributed by atoms with Crippen molar-refractivity contribution in [2.45, 2.75) is 0 Å². The maximum Gasteiger partial charge on any atom is 0.329 e. The van der Waals surface area contributed by atoms with Crippen molar-refractivity contribution in [1.82, 2.24) is 10.5 Å². The number of aromatic nitrogens is 1. The molecule has 0 aliphatic carbocycles. The van der Waals surface area contributed by atoms with Crippen molar-refractivity contribution in [3.63, 3.8) is 0 Å². The molecule has 0 spiro atoms. The SMILES string of the molecule is O=C(O)COCCNC(=O)c1ccon1. The normalized spacial score (nSPS) is 9.87. The van der Waals surface area contributed by atoms with Crippen LogP contribution >= 0.6 is 0 Å². The Kier molecular flexibility index (Phi) is 4.30. The van der Waals surface area contributed by atoms with Gasteiger partial charge in [0, 0.05) is 12.6 Å². The second-order valence-corrected chi connectivity index (χ2v) is 2.59. The number of amides is 1. The number of carboxylic acid groups (broad SMARTS) is 1. The van der Waals surface area contributed by atoms with Gasteiger partial charge < -0.3 is 19.7 Å². The van der Waals surface area contributed by atoms with E-state index in [1.165, 1.54) is 12.3 Å². The van der Waals surface area contributed by atoms with Crippen molar-refractivity contribution in [3.8, 4) is 0 Å². The molecule has 0 aromatic carbocycles. The molecule has 0 saturated heterocycles. The average molecular weight is 214 g/mol. The number of aliphatic carboxylic acids is 1. The number of rotatable bonds is 6. The number of carboxylic acids is 1. The molecule has 1 amide bonds. The maximum atomic E-state index is 11.2. The van der Waals surface area contributed by atoms with Gasteiger partial charge in [-0.3, -0.25) is 4.79 Å². The lowest BCUT2D eigenvalue weighted by molar-refractivity contribution is -0.142. The zero-order valence-corrected chi connectivity index (χ0v) is 7.80. The quantitative estimate of drug-likeness (QED) is 0.619. The van der Waals surface area contributed by atoms with Gasteiger partial charge in [0.1, 0.15) is 12.9 Å². The Balaban J connectivity index is 2.10. The Morgan fingerprint density at radius 3 is 3.00 bits per heavy atom. The standard InChI is InChI=1S/C8H10N2O5/c11-7(12)5-14-4-2-9-8(13)6-1-3-15-10-6/h1,3H,2,4-5H2,(H,9,13)(H,11,12). The Hall–Kier alpha value is -1.89. The van der Waals surface area contributed by atoms with E-state index in [0.717, 1.165) is 0 Å². The summed E-state index contributed by atoms with van der Waals surface area (Å²) in [7, 11) is 0. The molecule has 0 radical (unpaired) electrons. The van der Waals surface area contributed by atoms with E-state index in [4.69, 9.17) is 9.84 Å². The van der Waals surface area contributed by atoms with Crippen molar-refractivity contribution < 1.29 is 24.0 Å². The Labute approximate surface area is 85.0 Å². The van der Waals surface area contributed by atoms with Crippen molar-refractivity contribution in [2.75, 3.05) is 19.8 Å². The summed E-state index contributed by atoms with van der Waals surface area (Å²) in [6.45, 7) is -0.0192. The third-order valence-electron chi connectivity index (χ3n) is 1.43. The molecule has 0 unspecified atom stereocenters. The molecule has 0 aliphatic rings. The molecule has 2 N–H and O–H groups in total. The summed E-state index contributed by atoms with van der Waals surface area (Å²) in [6, 6.07) is 1.42. The van der Waals surface area contributed by atoms with Gasteiger partial charge in [0.25, 0.3) is 5.91 Å². The summed E-state index contributed by atoms with van der Waals surface area (Å²) >= 11 is 0. The lowest BCUT2D eigenvalue weighted by Gasteiger charge is -2.02. The summed E-state index contributed by atoms with van der Waals surface area (Å²) in [5, 5.41) is 14.1. The fourth-order valence-electron chi connectivity index (χ4n) is 0.816. The summed E-state index contributed by atoms with van der Waals surface area (Å²) in [4.78, 5) is 21.2. The van der Waals surface area contributed by atoms with Crippen molar-refractivity contribution >= 4 is 11.9 Å². The van der Waals surface area contributed by atoms with Crippen LogP contribution in [-0.2, 0) is 9.53 Å². The number of nitrogens with zero attached hydrogens (tertiary/aromatic N) is 1. The van der Waals surface area contributed by atoms with Gasteiger partial charge in [0.15, 0.2) is 5.69 Å². The van der Waals surface area contributed by atoms with E-state index in [1.54, 1.807) is 0 Å². The molecule has 1 heterocycles. The third kappa shape index (κ3) is 4.23. The van der Waals surface area contributed by atoms with Crippen LogP contribution in [0.15, 0.2) is 16.9 Å². The number of ether oxygens (including phenoxy) is 1. The second-order valence-electron chi connectivity index (χ2n) is 2.59. The smallest absolute Gasteiger partial charge is 0.329 e. The first-order valence-electron chi connectivity index (χ1n) is 4.18. The minimum absolute atomic E-state index is 0.135. The highest BCUT2D eigenvalue weighted by atomic mass is 16.5. The zero-order valence-electron chi connectivity index (χ0n) is 7.80.